The SMILES string of the molecule is C=CCCNC(=O)NCC1(C(=O)O)CCC(C)CC1. The third kappa shape index (κ3) is 4.58. The van der Waals surface area contributed by atoms with E-state index in [1.54, 1.807) is 6.08 Å². The molecule has 1 aliphatic rings. The van der Waals surface area contributed by atoms with Crippen molar-refractivity contribution in [3.63, 3.8) is 0 Å². The molecule has 0 aromatic rings. The number of carbonyl (C=O) groups excluding carboxylic acids is 1. The second-order valence-electron chi connectivity index (χ2n) is 5.45. The summed E-state index contributed by atoms with van der Waals surface area (Å²) in [6, 6.07) is -0.305. The molecule has 108 valence electrons. The van der Waals surface area contributed by atoms with Gasteiger partial charge in [0.2, 0.25) is 0 Å². The monoisotopic (exact) mass is 268 g/mol. The van der Waals surface area contributed by atoms with Gasteiger partial charge in [-0.05, 0) is 38.0 Å². The highest BCUT2D eigenvalue weighted by Crippen LogP contribution is 2.38. The zero-order chi connectivity index (χ0) is 14.3. The van der Waals surface area contributed by atoms with E-state index in [9.17, 15) is 14.7 Å². The first-order chi connectivity index (χ1) is 9.00. The van der Waals surface area contributed by atoms with Crippen molar-refractivity contribution in [2.75, 3.05) is 13.1 Å². The topological polar surface area (TPSA) is 78.4 Å². The van der Waals surface area contributed by atoms with Crippen LogP contribution in [0.3, 0.4) is 0 Å². The quantitative estimate of drug-likeness (QED) is 0.510. The lowest BCUT2D eigenvalue weighted by atomic mass is 9.71. The number of amides is 2. The molecule has 2 amide bonds. The van der Waals surface area contributed by atoms with Gasteiger partial charge in [-0.25, -0.2) is 4.79 Å². The van der Waals surface area contributed by atoms with Crippen molar-refractivity contribution in [3.8, 4) is 0 Å². The van der Waals surface area contributed by atoms with Gasteiger partial charge in [0.15, 0.2) is 0 Å². The molecule has 0 unspecified atom stereocenters. The Labute approximate surface area is 114 Å². The molecule has 5 nitrogen and oxygen atoms in total. The van der Waals surface area contributed by atoms with Crippen LogP contribution in [0, 0.1) is 11.3 Å². The van der Waals surface area contributed by atoms with Gasteiger partial charge >= 0.3 is 12.0 Å². The molecule has 0 aromatic carbocycles. The average Bonchev–Trinajstić information content (AvgIpc) is 2.38. The Kier molecular flexibility index (Phi) is 5.86. The number of hydrogen-bond acceptors (Lipinski definition) is 2. The molecule has 0 spiro atoms. The molecule has 1 rings (SSSR count). The van der Waals surface area contributed by atoms with Crippen LogP contribution in [0.2, 0.25) is 0 Å². The molecule has 1 fully saturated rings. The van der Waals surface area contributed by atoms with Crippen molar-refractivity contribution in [3.05, 3.63) is 12.7 Å². The molecule has 0 aromatic heterocycles. The molecule has 0 heterocycles. The number of aliphatic carboxylic acids is 1. The van der Waals surface area contributed by atoms with E-state index in [1.165, 1.54) is 0 Å². The molecule has 19 heavy (non-hydrogen) atoms. The number of urea groups is 1. The van der Waals surface area contributed by atoms with Crippen LogP contribution in [0.1, 0.15) is 39.0 Å². The Hall–Kier alpha value is -1.52. The summed E-state index contributed by atoms with van der Waals surface area (Å²) >= 11 is 0. The van der Waals surface area contributed by atoms with E-state index < -0.39 is 11.4 Å². The summed E-state index contributed by atoms with van der Waals surface area (Å²) in [5.74, 6) is -0.223. The summed E-state index contributed by atoms with van der Waals surface area (Å²) < 4.78 is 0. The van der Waals surface area contributed by atoms with Gasteiger partial charge in [-0.3, -0.25) is 4.79 Å². The number of carboxylic acid groups (broad SMARTS) is 1. The Bertz CT molecular complexity index is 334. The van der Waals surface area contributed by atoms with Crippen molar-refractivity contribution >= 4 is 12.0 Å². The van der Waals surface area contributed by atoms with Crippen LogP contribution in [-0.4, -0.2) is 30.2 Å². The van der Waals surface area contributed by atoms with Crippen LogP contribution >= 0.6 is 0 Å². The maximum Gasteiger partial charge on any atom is 0.314 e. The first kappa shape index (κ1) is 15.5. The maximum absolute atomic E-state index is 11.5. The van der Waals surface area contributed by atoms with Gasteiger partial charge in [-0.1, -0.05) is 13.0 Å². The molecule has 5 heteroatoms. The fourth-order valence-corrected chi connectivity index (χ4v) is 2.38. The maximum atomic E-state index is 11.5. The highest BCUT2D eigenvalue weighted by molar-refractivity contribution is 5.78. The lowest BCUT2D eigenvalue weighted by Gasteiger charge is -2.35. The van der Waals surface area contributed by atoms with Crippen molar-refractivity contribution in [2.24, 2.45) is 11.3 Å². The molecule has 0 bridgehead atoms. The normalized spacial score (nSPS) is 26.5. The minimum atomic E-state index is -0.800. The Balaban J connectivity index is 2.44. The zero-order valence-corrected chi connectivity index (χ0v) is 11.6. The Morgan fingerprint density at radius 3 is 2.53 bits per heavy atom. The third-order valence-electron chi connectivity index (χ3n) is 3.91. The van der Waals surface area contributed by atoms with E-state index in [-0.39, 0.29) is 12.6 Å². The van der Waals surface area contributed by atoms with Crippen molar-refractivity contribution in [1.82, 2.24) is 10.6 Å². The molecule has 0 atom stereocenters. The lowest BCUT2D eigenvalue weighted by molar-refractivity contribution is -0.151. The van der Waals surface area contributed by atoms with Crippen molar-refractivity contribution in [2.45, 2.75) is 39.0 Å². The fraction of sp³-hybridized carbons (Fsp3) is 0.714. The van der Waals surface area contributed by atoms with E-state index in [0.29, 0.717) is 31.7 Å². The smallest absolute Gasteiger partial charge is 0.314 e. The van der Waals surface area contributed by atoms with Gasteiger partial charge in [-0.2, -0.15) is 0 Å². The number of carbonyl (C=O) groups is 2. The molecule has 1 saturated carbocycles. The summed E-state index contributed by atoms with van der Waals surface area (Å²) in [6.07, 6.45) is 5.52. The zero-order valence-electron chi connectivity index (χ0n) is 11.6. The predicted octanol–water partition coefficient (Wildman–Crippen LogP) is 2.14. The Morgan fingerprint density at radius 2 is 2.00 bits per heavy atom. The number of nitrogens with one attached hydrogen (secondary N) is 2. The van der Waals surface area contributed by atoms with Crippen LogP contribution in [-0.2, 0) is 4.79 Å². The lowest BCUT2D eigenvalue weighted by Crippen LogP contribution is -2.47. The summed E-state index contributed by atoms with van der Waals surface area (Å²) in [6.45, 7) is 6.43. The van der Waals surface area contributed by atoms with Crippen LogP contribution in [0.25, 0.3) is 0 Å². The second-order valence-corrected chi connectivity index (χ2v) is 5.45. The van der Waals surface area contributed by atoms with Crippen LogP contribution in [0.15, 0.2) is 12.7 Å². The minimum absolute atomic E-state index is 0.203. The summed E-state index contributed by atoms with van der Waals surface area (Å²) in [5.41, 5.74) is -0.789. The first-order valence-electron chi connectivity index (χ1n) is 6.86. The second kappa shape index (κ2) is 7.16. The third-order valence-corrected chi connectivity index (χ3v) is 3.91. The van der Waals surface area contributed by atoms with Crippen LogP contribution in [0.5, 0.6) is 0 Å². The number of rotatable bonds is 6. The van der Waals surface area contributed by atoms with Gasteiger partial charge in [0.05, 0.1) is 5.41 Å². The standard InChI is InChI=1S/C14H24N2O3/c1-3-4-9-15-13(19)16-10-14(12(17)18)7-5-11(2)6-8-14/h3,11H,1,4-10H2,2H3,(H,17,18)(H2,15,16,19). The summed E-state index contributed by atoms with van der Waals surface area (Å²) in [4.78, 5) is 23.0. The predicted molar refractivity (Wildman–Crippen MR) is 73.9 cm³/mol. The highest BCUT2D eigenvalue weighted by Gasteiger charge is 2.41. The largest absolute Gasteiger partial charge is 0.481 e. The van der Waals surface area contributed by atoms with Gasteiger partial charge < -0.3 is 15.7 Å². The van der Waals surface area contributed by atoms with E-state index in [2.05, 4.69) is 24.1 Å². The van der Waals surface area contributed by atoms with Crippen molar-refractivity contribution < 1.29 is 14.7 Å². The molecule has 1 aliphatic carbocycles. The van der Waals surface area contributed by atoms with Gasteiger partial charge in [-0.15, -0.1) is 6.58 Å². The fourth-order valence-electron chi connectivity index (χ4n) is 2.38. The molecular weight excluding hydrogens is 244 g/mol. The van der Waals surface area contributed by atoms with Crippen molar-refractivity contribution in [1.29, 1.82) is 0 Å². The highest BCUT2D eigenvalue weighted by atomic mass is 16.4. The van der Waals surface area contributed by atoms with E-state index in [4.69, 9.17) is 0 Å². The van der Waals surface area contributed by atoms with Gasteiger partial charge in [0, 0.05) is 13.1 Å². The van der Waals surface area contributed by atoms with E-state index >= 15 is 0 Å². The summed E-state index contributed by atoms with van der Waals surface area (Å²) in [7, 11) is 0. The molecule has 3 N–H and O–H groups in total. The molecule has 0 radical (unpaired) electrons. The number of carboxylic acids is 1. The number of hydrogen-bond donors (Lipinski definition) is 3. The average molecular weight is 268 g/mol. The van der Waals surface area contributed by atoms with Gasteiger partial charge in [0.25, 0.3) is 0 Å². The van der Waals surface area contributed by atoms with E-state index in [0.717, 1.165) is 12.8 Å². The van der Waals surface area contributed by atoms with Crippen LogP contribution < -0.4 is 10.6 Å². The molecule has 0 aliphatic heterocycles. The first-order valence-corrected chi connectivity index (χ1v) is 6.86. The molecular formula is C14H24N2O3. The van der Waals surface area contributed by atoms with Gasteiger partial charge in [0.1, 0.15) is 0 Å². The summed E-state index contributed by atoms with van der Waals surface area (Å²) in [5, 5.41) is 14.8. The van der Waals surface area contributed by atoms with Crippen LogP contribution in [0.4, 0.5) is 4.79 Å². The molecule has 0 saturated heterocycles. The Morgan fingerprint density at radius 1 is 1.37 bits per heavy atom. The minimum Gasteiger partial charge on any atom is -0.481 e. The van der Waals surface area contributed by atoms with E-state index in [1.807, 2.05) is 0 Å².